The van der Waals surface area contributed by atoms with Crippen molar-refractivity contribution in [3.05, 3.63) is 20.8 Å². The number of halogens is 1. The number of hydrogen-bond donors (Lipinski definition) is 1. The summed E-state index contributed by atoms with van der Waals surface area (Å²) in [6.45, 7) is 0.219. The van der Waals surface area contributed by atoms with Gasteiger partial charge in [-0.2, -0.15) is 0 Å². The first-order valence-electron chi connectivity index (χ1n) is 5.24. The first-order chi connectivity index (χ1) is 7.99. The van der Waals surface area contributed by atoms with E-state index in [9.17, 15) is 13.2 Å². The standard InChI is InChI=1S/C10H12BrNO3S2/c11-9-4-3-8(16-9)10(13)12-6-7-2-1-5-17(7,14)15/h3-4,7H,1-2,5-6H2,(H,12,13). The molecule has 17 heavy (non-hydrogen) atoms. The van der Waals surface area contributed by atoms with E-state index in [0.29, 0.717) is 17.7 Å². The molecule has 94 valence electrons. The molecule has 1 saturated heterocycles. The highest BCUT2D eigenvalue weighted by molar-refractivity contribution is 9.11. The minimum absolute atomic E-state index is 0.206. The number of sulfone groups is 1. The number of nitrogens with one attached hydrogen (secondary N) is 1. The molecule has 2 rings (SSSR count). The lowest BCUT2D eigenvalue weighted by Crippen LogP contribution is -2.34. The van der Waals surface area contributed by atoms with Gasteiger partial charge in [-0.1, -0.05) is 0 Å². The first-order valence-corrected chi connectivity index (χ1v) is 8.56. The second-order valence-electron chi connectivity index (χ2n) is 3.95. The molecule has 4 nitrogen and oxygen atoms in total. The molecule has 0 spiro atoms. The summed E-state index contributed by atoms with van der Waals surface area (Å²) in [7, 11) is -2.98. The van der Waals surface area contributed by atoms with Crippen molar-refractivity contribution in [2.45, 2.75) is 18.1 Å². The maximum atomic E-state index is 11.7. The Morgan fingerprint density at radius 3 is 2.82 bits per heavy atom. The van der Waals surface area contributed by atoms with Crippen molar-refractivity contribution in [3.63, 3.8) is 0 Å². The zero-order valence-electron chi connectivity index (χ0n) is 8.98. The van der Waals surface area contributed by atoms with Gasteiger partial charge >= 0.3 is 0 Å². The van der Waals surface area contributed by atoms with E-state index in [-0.39, 0.29) is 18.2 Å². The largest absolute Gasteiger partial charge is 0.350 e. The normalized spacial score (nSPS) is 22.5. The third-order valence-electron chi connectivity index (χ3n) is 2.75. The van der Waals surface area contributed by atoms with Crippen molar-refractivity contribution in [2.24, 2.45) is 0 Å². The van der Waals surface area contributed by atoms with Crippen LogP contribution in [0.25, 0.3) is 0 Å². The van der Waals surface area contributed by atoms with E-state index >= 15 is 0 Å². The van der Waals surface area contributed by atoms with Crippen LogP contribution in [0.15, 0.2) is 15.9 Å². The van der Waals surface area contributed by atoms with Crippen molar-refractivity contribution in [1.29, 1.82) is 0 Å². The fourth-order valence-electron chi connectivity index (χ4n) is 1.82. The Morgan fingerprint density at radius 1 is 1.53 bits per heavy atom. The number of amides is 1. The predicted octanol–water partition coefficient (Wildman–Crippen LogP) is 1.82. The second-order valence-corrected chi connectivity index (χ2v) is 8.81. The van der Waals surface area contributed by atoms with Gasteiger partial charge in [0.1, 0.15) is 0 Å². The van der Waals surface area contributed by atoms with Crippen molar-refractivity contribution >= 4 is 43.0 Å². The van der Waals surface area contributed by atoms with Crippen LogP contribution < -0.4 is 5.32 Å². The topological polar surface area (TPSA) is 63.2 Å². The molecule has 1 unspecified atom stereocenters. The Morgan fingerprint density at radius 2 is 2.29 bits per heavy atom. The fraction of sp³-hybridized carbons (Fsp3) is 0.500. The minimum Gasteiger partial charge on any atom is -0.350 e. The van der Waals surface area contributed by atoms with Crippen LogP contribution in [-0.4, -0.2) is 31.9 Å². The van der Waals surface area contributed by atoms with Crippen molar-refractivity contribution in [2.75, 3.05) is 12.3 Å². The van der Waals surface area contributed by atoms with E-state index in [1.165, 1.54) is 11.3 Å². The summed E-state index contributed by atoms with van der Waals surface area (Å²) in [6.07, 6.45) is 1.35. The molecule has 0 radical (unpaired) electrons. The Hall–Kier alpha value is -0.400. The van der Waals surface area contributed by atoms with Gasteiger partial charge in [-0.25, -0.2) is 8.42 Å². The van der Waals surface area contributed by atoms with Crippen LogP contribution in [-0.2, 0) is 9.84 Å². The Kier molecular flexibility index (Phi) is 3.89. The quantitative estimate of drug-likeness (QED) is 0.914. The maximum absolute atomic E-state index is 11.7. The van der Waals surface area contributed by atoms with E-state index in [4.69, 9.17) is 0 Å². The maximum Gasteiger partial charge on any atom is 0.261 e. The summed E-state index contributed by atoms with van der Waals surface area (Å²) < 4.78 is 24.0. The van der Waals surface area contributed by atoms with Gasteiger partial charge < -0.3 is 5.32 Å². The van der Waals surface area contributed by atoms with Gasteiger partial charge in [-0.05, 0) is 40.9 Å². The molecule has 1 atom stereocenters. The number of rotatable bonds is 3. The lowest BCUT2D eigenvalue weighted by Gasteiger charge is -2.09. The average molecular weight is 338 g/mol. The molecule has 1 N–H and O–H groups in total. The third-order valence-corrected chi connectivity index (χ3v) is 6.65. The summed E-state index contributed by atoms with van der Waals surface area (Å²) in [4.78, 5) is 12.3. The van der Waals surface area contributed by atoms with Gasteiger partial charge in [0.05, 0.1) is 19.7 Å². The van der Waals surface area contributed by atoms with Crippen LogP contribution in [0.2, 0.25) is 0 Å². The van der Waals surface area contributed by atoms with Gasteiger partial charge in [0.15, 0.2) is 9.84 Å². The second kappa shape index (κ2) is 5.07. The number of thiophene rings is 1. The monoisotopic (exact) mass is 337 g/mol. The van der Waals surface area contributed by atoms with Gasteiger partial charge in [-0.15, -0.1) is 11.3 Å². The summed E-state index contributed by atoms with van der Waals surface area (Å²) >= 11 is 4.61. The van der Waals surface area contributed by atoms with E-state index in [2.05, 4.69) is 21.2 Å². The summed E-state index contributed by atoms with van der Waals surface area (Å²) in [5, 5.41) is 2.27. The lowest BCUT2D eigenvalue weighted by atomic mass is 10.2. The van der Waals surface area contributed by atoms with E-state index in [0.717, 1.165) is 3.79 Å². The van der Waals surface area contributed by atoms with Crippen LogP contribution in [0.5, 0.6) is 0 Å². The van der Waals surface area contributed by atoms with Crippen molar-refractivity contribution < 1.29 is 13.2 Å². The molecule has 1 aromatic heterocycles. The molecule has 0 aromatic carbocycles. The van der Waals surface area contributed by atoms with E-state index < -0.39 is 15.1 Å². The first kappa shape index (κ1) is 13.0. The molecule has 0 bridgehead atoms. The summed E-state index contributed by atoms with van der Waals surface area (Å²) in [5.41, 5.74) is 0. The highest BCUT2D eigenvalue weighted by atomic mass is 79.9. The number of carbonyl (C=O) groups excluding carboxylic acids is 1. The molecule has 1 amide bonds. The highest BCUT2D eigenvalue weighted by Crippen LogP contribution is 2.22. The molecule has 1 aliphatic heterocycles. The average Bonchev–Trinajstić information content (AvgIpc) is 2.81. The SMILES string of the molecule is O=C(NCC1CCCS1(=O)=O)c1ccc(Br)s1. The van der Waals surface area contributed by atoms with Gasteiger partial charge in [-0.3, -0.25) is 4.79 Å². The Balaban J connectivity index is 1.93. The molecule has 7 heteroatoms. The molecule has 1 aromatic rings. The smallest absolute Gasteiger partial charge is 0.261 e. The van der Waals surface area contributed by atoms with Crippen molar-refractivity contribution in [1.82, 2.24) is 5.32 Å². The summed E-state index contributed by atoms with van der Waals surface area (Å²) in [5.74, 6) is 0.0424. The molecule has 2 heterocycles. The third kappa shape index (κ3) is 3.08. The molecule has 0 saturated carbocycles. The van der Waals surface area contributed by atoms with E-state index in [1.54, 1.807) is 12.1 Å². The summed E-state index contributed by atoms with van der Waals surface area (Å²) in [6, 6.07) is 3.51. The van der Waals surface area contributed by atoms with Crippen LogP contribution in [0, 0.1) is 0 Å². The van der Waals surface area contributed by atoms with Gasteiger partial charge in [0, 0.05) is 6.54 Å². The van der Waals surface area contributed by atoms with Crippen molar-refractivity contribution in [3.8, 4) is 0 Å². The van der Waals surface area contributed by atoms with Gasteiger partial charge in [0.2, 0.25) is 0 Å². The molecule has 1 aliphatic rings. The minimum atomic E-state index is -2.98. The molecular weight excluding hydrogens is 326 g/mol. The number of hydrogen-bond acceptors (Lipinski definition) is 4. The van der Waals surface area contributed by atoms with E-state index in [1.807, 2.05) is 0 Å². The Bertz CT molecular complexity index is 523. The molecule has 1 fully saturated rings. The zero-order chi connectivity index (χ0) is 12.5. The van der Waals surface area contributed by atoms with Gasteiger partial charge in [0.25, 0.3) is 5.91 Å². The predicted molar refractivity (Wildman–Crippen MR) is 71.2 cm³/mol. The Labute approximate surface area is 112 Å². The lowest BCUT2D eigenvalue weighted by molar-refractivity contribution is 0.0957. The van der Waals surface area contributed by atoms with Crippen LogP contribution in [0.1, 0.15) is 22.5 Å². The van der Waals surface area contributed by atoms with Crippen LogP contribution in [0.3, 0.4) is 0 Å². The fourth-order valence-corrected chi connectivity index (χ4v) is 4.89. The number of carbonyl (C=O) groups is 1. The van der Waals surface area contributed by atoms with Crippen LogP contribution in [0.4, 0.5) is 0 Å². The molecule has 0 aliphatic carbocycles. The van der Waals surface area contributed by atoms with Crippen LogP contribution >= 0.6 is 27.3 Å². The highest BCUT2D eigenvalue weighted by Gasteiger charge is 2.31. The zero-order valence-corrected chi connectivity index (χ0v) is 12.2. The molecular formula is C10H12BrNO3S2.